The Bertz CT molecular complexity index is 927. The molecule has 0 saturated carbocycles. The van der Waals surface area contributed by atoms with Gasteiger partial charge in [0.2, 0.25) is 15.9 Å². The van der Waals surface area contributed by atoms with Gasteiger partial charge in [-0.1, -0.05) is 18.1 Å². The highest BCUT2D eigenvalue weighted by atomic mass is 32.2. The van der Waals surface area contributed by atoms with Crippen molar-refractivity contribution < 1.29 is 17.7 Å². The number of aromatic nitrogens is 1. The number of hydrogen-bond donors (Lipinski definition) is 1. The third kappa shape index (κ3) is 4.43. The van der Waals surface area contributed by atoms with E-state index in [0.29, 0.717) is 30.2 Å². The number of nitrogens with one attached hydrogen (secondary N) is 1. The summed E-state index contributed by atoms with van der Waals surface area (Å²) in [5, 5.41) is 6.61. The second kappa shape index (κ2) is 8.42. The summed E-state index contributed by atoms with van der Waals surface area (Å²) in [6.07, 6.45) is 0.122. The van der Waals surface area contributed by atoms with Gasteiger partial charge >= 0.3 is 0 Å². The summed E-state index contributed by atoms with van der Waals surface area (Å²) in [6, 6.07) is 6.39. The molecule has 0 radical (unpaired) electrons. The Morgan fingerprint density at radius 2 is 1.93 bits per heavy atom. The minimum atomic E-state index is -3.58. The first-order chi connectivity index (χ1) is 13.3. The smallest absolute Gasteiger partial charge is 0.243 e. The molecule has 1 aliphatic rings. The Morgan fingerprint density at radius 1 is 1.21 bits per heavy atom. The molecule has 2 aromatic rings. The van der Waals surface area contributed by atoms with Crippen molar-refractivity contribution in [1.29, 1.82) is 0 Å². The summed E-state index contributed by atoms with van der Waals surface area (Å²) in [5.41, 5.74) is 1.87. The molecule has 1 saturated heterocycles. The lowest BCUT2D eigenvalue weighted by Crippen LogP contribution is -2.48. The first-order valence-electron chi connectivity index (χ1n) is 9.35. The molecule has 1 aliphatic heterocycles. The Morgan fingerprint density at radius 3 is 2.54 bits per heavy atom. The fourth-order valence-corrected chi connectivity index (χ4v) is 4.76. The predicted octanol–water partition coefficient (Wildman–Crippen LogP) is 1.80. The molecular formula is C19H26N4O4S. The van der Waals surface area contributed by atoms with Crippen LogP contribution in [0.25, 0.3) is 0 Å². The van der Waals surface area contributed by atoms with Crippen molar-refractivity contribution >= 4 is 21.6 Å². The van der Waals surface area contributed by atoms with Crippen molar-refractivity contribution in [2.24, 2.45) is 0 Å². The van der Waals surface area contributed by atoms with E-state index < -0.39 is 10.0 Å². The Kier molecular flexibility index (Phi) is 6.17. The molecule has 2 heterocycles. The van der Waals surface area contributed by atoms with Crippen molar-refractivity contribution in [3.63, 3.8) is 0 Å². The number of carbonyl (C=O) groups excluding carboxylic acids is 1. The SMILES string of the molecule is CCN1CCN(S(=O)(=O)c2cccc(NC(=O)Cc3c(C)noc3C)c2)CC1. The van der Waals surface area contributed by atoms with Gasteiger partial charge in [0.25, 0.3) is 0 Å². The monoisotopic (exact) mass is 406 g/mol. The summed E-state index contributed by atoms with van der Waals surface area (Å²) in [5.74, 6) is 0.357. The highest BCUT2D eigenvalue weighted by Crippen LogP contribution is 2.21. The van der Waals surface area contributed by atoms with Crippen molar-refractivity contribution in [3.8, 4) is 0 Å². The molecule has 1 N–H and O–H groups in total. The number of anilines is 1. The molecule has 9 heteroatoms. The zero-order valence-electron chi connectivity index (χ0n) is 16.4. The number of piperazine rings is 1. The summed E-state index contributed by atoms with van der Waals surface area (Å²) >= 11 is 0. The Balaban J connectivity index is 1.70. The standard InChI is InChI=1S/C19H26N4O4S/c1-4-22-8-10-23(11-9-22)28(25,26)17-7-5-6-16(12-17)20-19(24)13-18-14(2)21-27-15(18)3/h5-7,12H,4,8-11,13H2,1-3H3,(H,20,24). The fraction of sp³-hybridized carbons (Fsp3) is 0.474. The van der Waals surface area contributed by atoms with E-state index in [1.165, 1.54) is 10.4 Å². The van der Waals surface area contributed by atoms with Crippen LogP contribution in [-0.2, 0) is 21.2 Å². The maximum Gasteiger partial charge on any atom is 0.243 e. The topological polar surface area (TPSA) is 95.8 Å². The van der Waals surface area contributed by atoms with Crippen LogP contribution >= 0.6 is 0 Å². The van der Waals surface area contributed by atoms with Gasteiger partial charge in [0.1, 0.15) is 5.76 Å². The lowest BCUT2D eigenvalue weighted by Gasteiger charge is -2.33. The zero-order chi connectivity index (χ0) is 20.3. The number of carbonyl (C=O) groups is 1. The van der Waals surface area contributed by atoms with Crippen molar-refractivity contribution in [2.45, 2.75) is 32.1 Å². The van der Waals surface area contributed by atoms with Crippen molar-refractivity contribution in [2.75, 3.05) is 38.0 Å². The molecule has 0 unspecified atom stereocenters. The number of rotatable bonds is 6. The molecule has 1 aromatic carbocycles. The van der Waals surface area contributed by atoms with E-state index >= 15 is 0 Å². The van der Waals surface area contributed by atoms with E-state index in [4.69, 9.17) is 4.52 Å². The van der Waals surface area contributed by atoms with Crippen LogP contribution in [-0.4, -0.2) is 61.4 Å². The summed E-state index contributed by atoms with van der Waals surface area (Å²) in [7, 11) is -3.58. The first kappa shape index (κ1) is 20.5. The number of benzene rings is 1. The van der Waals surface area contributed by atoms with Crippen LogP contribution in [0.15, 0.2) is 33.7 Å². The quantitative estimate of drug-likeness (QED) is 0.786. The van der Waals surface area contributed by atoms with Crippen LogP contribution in [0.5, 0.6) is 0 Å². The van der Waals surface area contributed by atoms with E-state index in [2.05, 4.69) is 22.3 Å². The Hall–Kier alpha value is -2.23. The molecule has 8 nitrogen and oxygen atoms in total. The van der Waals surface area contributed by atoms with Crippen LogP contribution in [0, 0.1) is 13.8 Å². The molecule has 1 fully saturated rings. The van der Waals surface area contributed by atoms with Gasteiger partial charge in [-0.05, 0) is 38.6 Å². The molecule has 0 aliphatic carbocycles. The molecule has 152 valence electrons. The van der Waals surface area contributed by atoms with E-state index in [1.54, 1.807) is 32.0 Å². The van der Waals surface area contributed by atoms with Crippen molar-refractivity contribution in [1.82, 2.24) is 14.4 Å². The van der Waals surface area contributed by atoms with Crippen LogP contribution in [0.2, 0.25) is 0 Å². The molecule has 1 amide bonds. The van der Waals surface area contributed by atoms with Gasteiger partial charge in [0.15, 0.2) is 0 Å². The zero-order valence-corrected chi connectivity index (χ0v) is 17.3. The van der Waals surface area contributed by atoms with Gasteiger partial charge in [-0.25, -0.2) is 8.42 Å². The van der Waals surface area contributed by atoms with Crippen LogP contribution in [0.4, 0.5) is 5.69 Å². The fourth-order valence-electron chi connectivity index (χ4n) is 3.29. The third-order valence-corrected chi connectivity index (χ3v) is 6.95. The number of aryl methyl sites for hydroxylation is 2. The minimum Gasteiger partial charge on any atom is -0.361 e. The number of hydrogen-bond acceptors (Lipinski definition) is 6. The largest absolute Gasteiger partial charge is 0.361 e. The van der Waals surface area contributed by atoms with E-state index in [9.17, 15) is 13.2 Å². The molecule has 3 rings (SSSR count). The summed E-state index contributed by atoms with van der Waals surface area (Å²) in [6.45, 7) is 8.92. The van der Waals surface area contributed by atoms with Gasteiger partial charge in [-0.3, -0.25) is 4.79 Å². The third-order valence-electron chi connectivity index (χ3n) is 5.05. The van der Waals surface area contributed by atoms with Crippen LogP contribution in [0.3, 0.4) is 0 Å². The van der Waals surface area contributed by atoms with E-state index in [0.717, 1.165) is 25.2 Å². The highest BCUT2D eigenvalue weighted by Gasteiger charge is 2.28. The first-order valence-corrected chi connectivity index (χ1v) is 10.8. The number of sulfonamides is 1. The number of likely N-dealkylation sites (N-methyl/N-ethyl adjacent to an activating group) is 1. The maximum atomic E-state index is 12.9. The normalized spacial score (nSPS) is 16.2. The van der Waals surface area contributed by atoms with Crippen LogP contribution in [0.1, 0.15) is 23.9 Å². The van der Waals surface area contributed by atoms with Crippen LogP contribution < -0.4 is 5.32 Å². The number of nitrogens with zero attached hydrogens (tertiary/aromatic N) is 3. The van der Waals surface area contributed by atoms with Gasteiger partial charge in [-0.2, -0.15) is 4.31 Å². The second-order valence-electron chi connectivity index (χ2n) is 6.89. The molecule has 1 aromatic heterocycles. The average Bonchev–Trinajstić information content (AvgIpc) is 3.00. The molecule has 0 atom stereocenters. The number of amides is 1. The van der Waals surface area contributed by atoms with Gasteiger partial charge < -0.3 is 14.7 Å². The maximum absolute atomic E-state index is 12.9. The Labute approximate surface area is 165 Å². The van der Waals surface area contributed by atoms with Gasteiger partial charge in [0.05, 0.1) is 17.0 Å². The second-order valence-corrected chi connectivity index (χ2v) is 8.83. The summed E-state index contributed by atoms with van der Waals surface area (Å²) < 4.78 is 32.5. The predicted molar refractivity (Wildman–Crippen MR) is 106 cm³/mol. The molecule has 28 heavy (non-hydrogen) atoms. The van der Waals surface area contributed by atoms with E-state index in [1.807, 2.05) is 0 Å². The summed E-state index contributed by atoms with van der Waals surface area (Å²) in [4.78, 5) is 14.8. The van der Waals surface area contributed by atoms with E-state index in [-0.39, 0.29) is 17.2 Å². The minimum absolute atomic E-state index is 0.122. The average molecular weight is 407 g/mol. The molecule has 0 spiro atoms. The van der Waals surface area contributed by atoms with Gasteiger partial charge in [0, 0.05) is 37.4 Å². The molecular weight excluding hydrogens is 380 g/mol. The molecule has 0 bridgehead atoms. The lowest BCUT2D eigenvalue weighted by atomic mass is 10.1. The van der Waals surface area contributed by atoms with Gasteiger partial charge in [-0.15, -0.1) is 0 Å². The highest BCUT2D eigenvalue weighted by molar-refractivity contribution is 7.89. The van der Waals surface area contributed by atoms with Crippen molar-refractivity contribution in [3.05, 3.63) is 41.3 Å². The lowest BCUT2D eigenvalue weighted by molar-refractivity contribution is -0.115.